The summed E-state index contributed by atoms with van der Waals surface area (Å²) in [5, 5.41) is 5.10. The molecule has 2 fully saturated rings. The van der Waals surface area contributed by atoms with Gasteiger partial charge in [-0.2, -0.15) is 4.31 Å². The molecule has 2 aromatic rings. The molecule has 1 amide bonds. The number of carbonyl (C=O) groups excluding carboxylic acids is 1. The van der Waals surface area contributed by atoms with Crippen molar-refractivity contribution in [3.8, 4) is 0 Å². The van der Waals surface area contributed by atoms with Gasteiger partial charge in [-0.25, -0.2) is 8.42 Å². The first-order valence-corrected chi connectivity index (χ1v) is 13.7. The molecule has 0 saturated carbocycles. The van der Waals surface area contributed by atoms with Crippen LogP contribution in [0.15, 0.2) is 40.6 Å². The molecule has 180 valence electrons. The zero-order valence-corrected chi connectivity index (χ0v) is 20.5. The molecule has 33 heavy (non-hydrogen) atoms. The highest BCUT2D eigenvalue weighted by atomic mass is 32.2. The monoisotopic (exact) mass is 493 g/mol. The summed E-state index contributed by atoms with van der Waals surface area (Å²) in [6.45, 7) is 5.71. The van der Waals surface area contributed by atoms with Crippen LogP contribution in [0.25, 0.3) is 0 Å². The zero-order chi connectivity index (χ0) is 23.3. The molecule has 0 radical (unpaired) electrons. The Morgan fingerprint density at radius 3 is 2.42 bits per heavy atom. The van der Waals surface area contributed by atoms with Gasteiger partial charge in [-0.05, 0) is 36.1 Å². The minimum atomic E-state index is -3.79. The van der Waals surface area contributed by atoms with Gasteiger partial charge < -0.3 is 19.7 Å². The number of hydrogen-bond donors (Lipinski definition) is 1. The standard InChI is InChI=1S/C23H31N3O5S2/c1-2-4-19(21-5-3-16-32-21)24-23(27)18-6-7-20(25-8-12-30-13-9-25)22(17-18)33(28,29)26-10-14-31-15-11-26/h3,5-7,16-17,19H,2,4,8-15H2,1H3,(H,24,27)/t19-/m0/s1. The van der Waals surface area contributed by atoms with Crippen LogP contribution in [0.3, 0.4) is 0 Å². The average molecular weight is 494 g/mol. The molecular formula is C23H31N3O5S2. The first-order valence-electron chi connectivity index (χ1n) is 11.4. The van der Waals surface area contributed by atoms with Crippen molar-refractivity contribution < 1.29 is 22.7 Å². The van der Waals surface area contributed by atoms with Crippen LogP contribution in [-0.4, -0.2) is 71.2 Å². The molecule has 0 bridgehead atoms. The SMILES string of the molecule is CCC[C@H](NC(=O)c1ccc(N2CCOCC2)c(S(=O)(=O)N2CCOCC2)c1)c1cccs1. The molecule has 0 unspecified atom stereocenters. The Bertz CT molecular complexity index is 1030. The molecular weight excluding hydrogens is 462 g/mol. The molecule has 2 aliphatic heterocycles. The summed E-state index contributed by atoms with van der Waals surface area (Å²) >= 11 is 1.61. The van der Waals surface area contributed by atoms with Crippen molar-refractivity contribution >= 4 is 33.0 Å². The van der Waals surface area contributed by atoms with Crippen molar-refractivity contribution in [2.45, 2.75) is 30.7 Å². The second-order valence-corrected chi connectivity index (χ2v) is 11.0. The number of rotatable bonds is 8. The maximum atomic E-state index is 13.6. The van der Waals surface area contributed by atoms with Gasteiger partial charge in [0.25, 0.3) is 5.91 Å². The van der Waals surface area contributed by atoms with Crippen LogP contribution in [-0.2, 0) is 19.5 Å². The third-order valence-corrected chi connectivity index (χ3v) is 8.84. The van der Waals surface area contributed by atoms with E-state index in [-0.39, 0.29) is 16.8 Å². The van der Waals surface area contributed by atoms with Crippen LogP contribution in [0.5, 0.6) is 0 Å². The predicted molar refractivity (Wildman–Crippen MR) is 128 cm³/mol. The van der Waals surface area contributed by atoms with Crippen molar-refractivity contribution in [2.24, 2.45) is 0 Å². The van der Waals surface area contributed by atoms with E-state index < -0.39 is 10.0 Å². The van der Waals surface area contributed by atoms with Crippen LogP contribution in [0.2, 0.25) is 0 Å². The number of hydrogen-bond acceptors (Lipinski definition) is 7. The van der Waals surface area contributed by atoms with Crippen molar-refractivity contribution in [3.63, 3.8) is 0 Å². The summed E-state index contributed by atoms with van der Waals surface area (Å²) in [7, 11) is -3.79. The molecule has 1 aromatic carbocycles. The number of amides is 1. The molecule has 3 heterocycles. The number of nitrogens with one attached hydrogen (secondary N) is 1. The third kappa shape index (κ3) is 5.58. The number of morpholine rings is 2. The van der Waals surface area contributed by atoms with Gasteiger partial charge in [0.1, 0.15) is 4.90 Å². The Morgan fingerprint density at radius 2 is 1.79 bits per heavy atom. The van der Waals surface area contributed by atoms with E-state index in [4.69, 9.17) is 9.47 Å². The van der Waals surface area contributed by atoms with Crippen LogP contribution in [0.1, 0.15) is 41.0 Å². The normalized spacial score (nSPS) is 18.8. The quantitative estimate of drug-likeness (QED) is 0.609. The molecule has 1 atom stereocenters. The first-order chi connectivity index (χ1) is 16.0. The summed E-state index contributed by atoms with van der Waals surface area (Å²) in [5.74, 6) is -0.270. The lowest BCUT2D eigenvalue weighted by Crippen LogP contribution is -2.42. The van der Waals surface area contributed by atoms with Gasteiger partial charge in [0.05, 0.1) is 38.2 Å². The van der Waals surface area contributed by atoms with Gasteiger partial charge in [-0.3, -0.25) is 4.79 Å². The van der Waals surface area contributed by atoms with E-state index in [2.05, 4.69) is 12.2 Å². The summed E-state index contributed by atoms with van der Waals surface area (Å²) in [4.78, 5) is 16.5. The fourth-order valence-electron chi connectivity index (χ4n) is 4.16. The fourth-order valence-corrected chi connectivity index (χ4v) is 6.62. The lowest BCUT2D eigenvalue weighted by molar-refractivity contribution is 0.0730. The van der Waals surface area contributed by atoms with Gasteiger partial charge in [-0.1, -0.05) is 19.4 Å². The molecule has 0 aliphatic carbocycles. The lowest BCUT2D eigenvalue weighted by Gasteiger charge is -2.33. The number of carbonyl (C=O) groups is 1. The summed E-state index contributed by atoms with van der Waals surface area (Å²) in [5.41, 5.74) is 0.959. The first kappa shape index (κ1) is 24.2. The second-order valence-electron chi connectivity index (χ2n) is 8.13. The lowest BCUT2D eigenvalue weighted by atomic mass is 10.1. The highest BCUT2D eigenvalue weighted by Crippen LogP contribution is 2.31. The van der Waals surface area contributed by atoms with E-state index >= 15 is 0 Å². The van der Waals surface area contributed by atoms with Crippen LogP contribution in [0.4, 0.5) is 5.69 Å². The average Bonchev–Trinajstić information content (AvgIpc) is 3.39. The number of ether oxygens (including phenoxy) is 2. The van der Waals surface area contributed by atoms with E-state index in [0.717, 1.165) is 17.7 Å². The number of benzene rings is 1. The minimum Gasteiger partial charge on any atom is -0.379 e. The highest BCUT2D eigenvalue weighted by molar-refractivity contribution is 7.89. The van der Waals surface area contributed by atoms with E-state index in [0.29, 0.717) is 63.9 Å². The maximum absolute atomic E-state index is 13.6. The van der Waals surface area contributed by atoms with Crippen LogP contribution >= 0.6 is 11.3 Å². The third-order valence-electron chi connectivity index (χ3n) is 5.93. The predicted octanol–water partition coefficient (Wildman–Crippen LogP) is 2.88. The Kier molecular flexibility index (Phi) is 8.02. The second kappa shape index (κ2) is 11.0. The number of anilines is 1. The number of thiophene rings is 1. The fraction of sp³-hybridized carbons (Fsp3) is 0.522. The Morgan fingerprint density at radius 1 is 1.09 bits per heavy atom. The van der Waals surface area contributed by atoms with E-state index in [1.54, 1.807) is 23.5 Å². The van der Waals surface area contributed by atoms with Crippen molar-refractivity contribution in [3.05, 3.63) is 46.2 Å². The Balaban J connectivity index is 1.66. The van der Waals surface area contributed by atoms with Crippen molar-refractivity contribution in [1.29, 1.82) is 0 Å². The van der Waals surface area contributed by atoms with Gasteiger partial charge >= 0.3 is 0 Å². The zero-order valence-electron chi connectivity index (χ0n) is 18.9. The maximum Gasteiger partial charge on any atom is 0.251 e. The topological polar surface area (TPSA) is 88.2 Å². The van der Waals surface area contributed by atoms with Crippen molar-refractivity contribution in [1.82, 2.24) is 9.62 Å². The molecule has 8 nitrogen and oxygen atoms in total. The molecule has 1 aromatic heterocycles. The minimum absolute atomic E-state index is 0.0966. The molecule has 2 aliphatic rings. The summed E-state index contributed by atoms with van der Waals surface area (Å²) in [6.07, 6.45) is 1.74. The smallest absolute Gasteiger partial charge is 0.251 e. The van der Waals surface area contributed by atoms with E-state index in [9.17, 15) is 13.2 Å². The largest absolute Gasteiger partial charge is 0.379 e. The van der Waals surface area contributed by atoms with Gasteiger partial charge in [0, 0.05) is 36.6 Å². The van der Waals surface area contributed by atoms with Crippen molar-refractivity contribution in [2.75, 3.05) is 57.5 Å². The van der Waals surface area contributed by atoms with Crippen LogP contribution < -0.4 is 10.2 Å². The highest BCUT2D eigenvalue weighted by Gasteiger charge is 2.31. The molecule has 10 heteroatoms. The Labute approximate surface area is 199 Å². The van der Waals surface area contributed by atoms with E-state index in [1.165, 1.54) is 10.4 Å². The number of nitrogens with zero attached hydrogens (tertiary/aromatic N) is 2. The molecule has 1 N–H and O–H groups in total. The summed E-state index contributed by atoms with van der Waals surface area (Å²) < 4.78 is 39.5. The van der Waals surface area contributed by atoms with Crippen LogP contribution in [0, 0.1) is 0 Å². The van der Waals surface area contributed by atoms with Gasteiger partial charge in [0.15, 0.2) is 0 Å². The van der Waals surface area contributed by atoms with Gasteiger partial charge in [-0.15, -0.1) is 11.3 Å². The molecule has 0 spiro atoms. The Hall–Kier alpha value is -1.98. The molecule has 2 saturated heterocycles. The molecule has 4 rings (SSSR count). The van der Waals surface area contributed by atoms with E-state index in [1.807, 2.05) is 22.4 Å². The van der Waals surface area contributed by atoms with Gasteiger partial charge in [0.2, 0.25) is 10.0 Å². The number of sulfonamides is 1. The summed E-state index contributed by atoms with van der Waals surface area (Å²) in [6, 6.07) is 8.90.